The molecule has 4 heterocycles. The summed E-state index contributed by atoms with van der Waals surface area (Å²) in [6.45, 7) is -1.45. The molecular weight excluding hydrogens is 706 g/mol. The van der Waals surface area contributed by atoms with Gasteiger partial charge in [0.2, 0.25) is 0 Å². The molecule has 0 aliphatic carbocycles. The molecule has 0 aromatic carbocycles. The van der Waals surface area contributed by atoms with Crippen LogP contribution in [0.3, 0.4) is 0 Å². The zero-order valence-corrected chi connectivity index (χ0v) is 23.9. The first-order valence-electron chi connectivity index (χ1n) is 12.2. The smallest absolute Gasteiger partial charge is 0.394 e. The molecule has 1 amide bonds. The predicted molar refractivity (Wildman–Crippen MR) is 145 cm³/mol. The molecule has 2 saturated heterocycles. The molecule has 2 aliphatic rings. The first-order valence-corrected chi connectivity index (χ1v) is 13.3. The molecule has 236 valence electrons. The number of nitrogens with zero attached hydrogens (tertiary/aromatic N) is 2. The molecule has 0 spiro atoms. The number of aliphatic hydroxyl groups is 4. The number of nitrogens with one attached hydrogen (secondary N) is 3. The van der Waals surface area contributed by atoms with E-state index < -0.39 is 84.6 Å². The highest BCUT2D eigenvalue weighted by Gasteiger charge is 2.38. The molecule has 16 nitrogen and oxygen atoms in total. The maximum absolute atomic E-state index is 12.0. The number of H-pyrrole nitrogens is 2. The van der Waals surface area contributed by atoms with Crippen LogP contribution in [-0.4, -0.2) is 95.8 Å². The minimum atomic E-state index is -5.05. The van der Waals surface area contributed by atoms with Crippen LogP contribution < -0.4 is 27.8 Å². The van der Waals surface area contributed by atoms with Gasteiger partial charge in [0, 0.05) is 25.2 Å². The average molecular weight is 731 g/mol. The number of alkyl halides is 3. The lowest BCUT2D eigenvalue weighted by Crippen LogP contribution is -2.37. The van der Waals surface area contributed by atoms with Crippen molar-refractivity contribution in [1.29, 1.82) is 0 Å². The molecule has 6 unspecified atom stereocenters. The third kappa shape index (κ3) is 8.62. The van der Waals surface area contributed by atoms with Crippen LogP contribution in [0.25, 0.3) is 0 Å². The summed E-state index contributed by atoms with van der Waals surface area (Å²) in [6.07, 6.45) is -7.53. The van der Waals surface area contributed by atoms with E-state index in [4.69, 9.17) is 19.7 Å². The van der Waals surface area contributed by atoms with Gasteiger partial charge in [0.05, 0.1) is 35.5 Å². The summed E-state index contributed by atoms with van der Waals surface area (Å²) in [5, 5.41) is 38.7. The van der Waals surface area contributed by atoms with Gasteiger partial charge in [-0.05, 0) is 22.6 Å². The summed E-state index contributed by atoms with van der Waals surface area (Å²) in [4.78, 5) is 61.1. The highest BCUT2D eigenvalue weighted by atomic mass is 127. The third-order valence-electron chi connectivity index (χ3n) is 6.10. The van der Waals surface area contributed by atoms with E-state index in [0.717, 1.165) is 10.8 Å². The molecule has 0 radical (unpaired) electrons. The van der Waals surface area contributed by atoms with Crippen LogP contribution in [0.2, 0.25) is 0 Å². The Morgan fingerprint density at radius 1 is 0.953 bits per heavy atom. The minimum absolute atomic E-state index is 0.0221. The van der Waals surface area contributed by atoms with E-state index in [2.05, 4.69) is 16.8 Å². The van der Waals surface area contributed by atoms with Crippen molar-refractivity contribution in [1.82, 2.24) is 24.4 Å². The Morgan fingerprint density at radius 2 is 1.44 bits per heavy atom. The Kier molecular flexibility index (Phi) is 11.5. The van der Waals surface area contributed by atoms with Crippen LogP contribution in [0.15, 0.2) is 31.6 Å². The number of aliphatic hydroxyl groups excluding tert-OH is 4. The van der Waals surface area contributed by atoms with Gasteiger partial charge in [0.1, 0.15) is 30.2 Å². The Hall–Kier alpha value is -3.33. The molecular formula is C23H25F3IN5O11. The lowest BCUT2D eigenvalue weighted by molar-refractivity contribution is -0.173. The third-order valence-corrected chi connectivity index (χ3v) is 6.87. The maximum atomic E-state index is 12.0. The molecule has 20 heteroatoms. The van der Waals surface area contributed by atoms with Gasteiger partial charge in [-0.25, -0.2) is 9.59 Å². The Morgan fingerprint density at radius 3 is 1.91 bits per heavy atom. The lowest BCUT2D eigenvalue weighted by Gasteiger charge is -2.14. The second kappa shape index (κ2) is 14.4. The summed E-state index contributed by atoms with van der Waals surface area (Å²) >= 11 is 1.80. The van der Waals surface area contributed by atoms with Gasteiger partial charge in [0.25, 0.3) is 11.1 Å². The van der Waals surface area contributed by atoms with Gasteiger partial charge >= 0.3 is 23.5 Å². The first-order chi connectivity index (χ1) is 20.2. The van der Waals surface area contributed by atoms with Crippen LogP contribution in [-0.2, 0) is 14.3 Å². The maximum Gasteiger partial charge on any atom is 0.471 e. The van der Waals surface area contributed by atoms with Gasteiger partial charge in [-0.2, -0.15) is 13.2 Å². The quantitative estimate of drug-likeness (QED) is 0.121. The number of aromatic amines is 2. The van der Waals surface area contributed by atoms with E-state index in [1.807, 2.05) is 4.98 Å². The van der Waals surface area contributed by atoms with E-state index in [1.165, 1.54) is 16.1 Å². The number of hydrogen-bond donors (Lipinski definition) is 7. The molecule has 2 aliphatic heterocycles. The minimum Gasteiger partial charge on any atom is -0.394 e. The lowest BCUT2D eigenvalue weighted by atomic mass is 10.2. The molecule has 6 atom stereocenters. The van der Waals surface area contributed by atoms with Crippen molar-refractivity contribution in [2.75, 3.05) is 19.8 Å². The normalized spacial score (nSPS) is 24.9. The summed E-state index contributed by atoms with van der Waals surface area (Å²) < 4.78 is 49.2. The average Bonchev–Trinajstić information content (AvgIpc) is 3.50. The second-order valence-corrected chi connectivity index (χ2v) is 10.2. The summed E-state index contributed by atoms with van der Waals surface area (Å²) in [6, 6.07) is 0. The zero-order chi connectivity index (χ0) is 32.1. The van der Waals surface area contributed by atoms with Crippen molar-refractivity contribution in [3.63, 3.8) is 0 Å². The van der Waals surface area contributed by atoms with E-state index in [-0.39, 0.29) is 25.0 Å². The molecule has 2 fully saturated rings. The number of amides is 1. The predicted octanol–water partition coefficient (Wildman–Crippen LogP) is -3.01. The van der Waals surface area contributed by atoms with E-state index in [9.17, 15) is 47.4 Å². The van der Waals surface area contributed by atoms with Gasteiger partial charge < -0.3 is 35.2 Å². The summed E-state index contributed by atoms with van der Waals surface area (Å²) in [5.41, 5.74) is -3.02. The number of carbonyl (C=O) groups excluding carboxylic acids is 1. The molecule has 0 saturated carbocycles. The molecule has 2 aromatic heterocycles. The van der Waals surface area contributed by atoms with Crippen LogP contribution in [0.1, 0.15) is 30.9 Å². The molecule has 0 bridgehead atoms. The van der Waals surface area contributed by atoms with Crippen LogP contribution >= 0.6 is 22.6 Å². The van der Waals surface area contributed by atoms with E-state index in [1.54, 1.807) is 22.6 Å². The van der Waals surface area contributed by atoms with Crippen molar-refractivity contribution in [3.8, 4) is 11.8 Å². The van der Waals surface area contributed by atoms with Crippen LogP contribution in [0, 0.1) is 15.4 Å². The number of halogens is 4. The highest BCUT2D eigenvalue weighted by Crippen LogP contribution is 2.28. The van der Waals surface area contributed by atoms with E-state index >= 15 is 0 Å². The summed E-state index contributed by atoms with van der Waals surface area (Å²) in [5.74, 6) is 2.24. The van der Waals surface area contributed by atoms with Gasteiger partial charge in [-0.1, -0.05) is 11.8 Å². The number of hydrogen-bond acceptors (Lipinski definition) is 11. The molecule has 7 N–H and O–H groups in total. The largest absolute Gasteiger partial charge is 0.471 e. The van der Waals surface area contributed by atoms with Crippen LogP contribution in [0.5, 0.6) is 0 Å². The number of rotatable bonds is 5. The number of aromatic nitrogens is 4. The van der Waals surface area contributed by atoms with Gasteiger partial charge in [-0.15, -0.1) is 0 Å². The molecule has 2 aromatic rings. The highest BCUT2D eigenvalue weighted by molar-refractivity contribution is 14.1. The topological polar surface area (TPSA) is 238 Å². The van der Waals surface area contributed by atoms with E-state index in [0.29, 0.717) is 3.57 Å². The fourth-order valence-corrected chi connectivity index (χ4v) is 4.36. The van der Waals surface area contributed by atoms with Crippen molar-refractivity contribution < 1.29 is 47.9 Å². The second-order valence-electron chi connectivity index (χ2n) is 9.06. The first kappa shape index (κ1) is 34.2. The number of ether oxygens (including phenoxy) is 2. The monoisotopic (exact) mass is 731 g/mol. The van der Waals surface area contributed by atoms with Crippen molar-refractivity contribution in [2.45, 2.75) is 55.9 Å². The standard InChI is InChI=1S/C14H14F3N3O6.C9H11IN2O5/c15-14(16,17)12(24)18-3-1-2-7-5-20(13(25)19-11(7)23)10-4-8(22)9(6-21)26-10;10-4-2-12(9(16)11-8(4)15)7-1-5(14)6(3-13)17-7/h5,8-10,21-22H,3-4,6H2,(H,18,24)(H,19,23,25);2,5-7,13-14H,1,3H2,(H,11,15,16). The van der Waals surface area contributed by atoms with Crippen molar-refractivity contribution in [2.24, 2.45) is 0 Å². The Labute approximate surface area is 251 Å². The molecule has 43 heavy (non-hydrogen) atoms. The zero-order valence-electron chi connectivity index (χ0n) is 21.7. The Bertz CT molecular complexity index is 1610. The molecule has 4 rings (SSSR count). The van der Waals surface area contributed by atoms with Crippen molar-refractivity contribution >= 4 is 28.5 Å². The van der Waals surface area contributed by atoms with Gasteiger partial charge in [-0.3, -0.25) is 33.5 Å². The van der Waals surface area contributed by atoms with Crippen molar-refractivity contribution in [3.05, 3.63) is 63.2 Å². The fraction of sp³-hybridized carbons (Fsp3) is 0.522. The SMILES string of the molecule is O=C(NCC#Cc1cn(C2CC(O)C(CO)O2)c(=O)[nH]c1=O)C(F)(F)F.O=c1[nH]c(=O)n(C2CC(O)C(CO)O2)cc1I. The Balaban J connectivity index is 0.000000257. The summed E-state index contributed by atoms with van der Waals surface area (Å²) in [7, 11) is 0. The van der Waals surface area contributed by atoms with Crippen LogP contribution in [0.4, 0.5) is 13.2 Å². The van der Waals surface area contributed by atoms with Gasteiger partial charge in [0.15, 0.2) is 0 Å². The number of carbonyl (C=O) groups is 1. The fourth-order valence-electron chi connectivity index (χ4n) is 3.93.